The smallest absolute Gasteiger partial charge is 0.201 e. The minimum absolute atomic E-state index is 0.0722. The second kappa shape index (κ2) is 12.1. The predicted octanol–water partition coefficient (Wildman–Crippen LogP) is 6.58. The van der Waals surface area contributed by atoms with Crippen LogP contribution in [0, 0.1) is 23.7 Å². The molecule has 5 aliphatic rings. The standard InChI is InChI=1S/C34H42O8/c1-5-36-26-12-7-24(8-13-26)9-17-30(35)25-10-14-27(15-11-25)37-20-21-38-31-23(3)29-16-6-22(2)28-18-19-33(4)40-32(39-31)34(28,29)42-41-33/h7-15,17,22-23,28-29,31-32H,5-6,16,18-21H2,1-4H3/b17-9+/t22-,23-,28+,29+,31+,32-,33+,34-/m1/s1. The van der Waals surface area contributed by atoms with Crippen LogP contribution < -0.4 is 9.47 Å². The van der Waals surface area contributed by atoms with Crippen LogP contribution in [-0.2, 0) is 24.0 Å². The number of rotatable bonds is 10. The van der Waals surface area contributed by atoms with Gasteiger partial charge in [0.2, 0.25) is 5.79 Å². The summed E-state index contributed by atoms with van der Waals surface area (Å²) in [5.41, 5.74) is 0.938. The van der Waals surface area contributed by atoms with Gasteiger partial charge in [-0.2, -0.15) is 0 Å². The van der Waals surface area contributed by atoms with Gasteiger partial charge >= 0.3 is 0 Å². The van der Waals surface area contributed by atoms with Crippen LogP contribution in [0.4, 0.5) is 0 Å². The fraction of sp³-hybridized carbons (Fsp3) is 0.559. The fourth-order valence-corrected chi connectivity index (χ4v) is 7.21. The van der Waals surface area contributed by atoms with Crippen molar-refractivity contribution >= 4 is 11.9 Å². The Morgan fingerprint density at radius 1 is 0.929 bits per heavy atom. The number of ketones is 1. The van der Waals surface area contributed by atoms with Crippen LogP contribution in [0.15, 0.2) is 54.6 Å². The molecule has 0 aromatic heterocycles. The lowest BCUT2D eigenvalue weighted by Crippen LogP contribution is -2.70. The largest absolute Gasteiger partial charge is 0.494 e. The lowest BCUT2D eigenvalue weighted by molar-refractivity contribution is -0.577. The van der Waals surface area contributed by atoms with Crippen molar-refractivity contribution in [2.45, 2.75) is 77.3 Å². The van der Waals surface area contributed by atoms with Crippen LogP contribution in [0.1, 0.15) is 69.3 Å². The van der Waals surface area contributed by atoms with E-state index in [1.54, 1.807) is 36.4 Å². The molecule has 2 bridgehead atoms. The van der Waals surface area contributed by atoms with E-state index in [1.165, 1.54) is 0 Å². The minimum Gasteiger partial charge on any atom is -0.494 e. The van der Waals surface area contributed by atoms with Gasteiger partial charge in [0.05, 0.1) is 13.2 Å². The molecule has 1 spiro atoms. The highest BCUT2D eigenvalue weighted by atomic mass is 17.3. The van der Waals surface area contributed by atoms with Gasteiger partial charge in [-0.3, -0.25) is 4.79 Å². The van der Waals surface area contributed by atoms with E-state index >= 15 is 0 Å². The molecule has 1 saturated carbocycles. The highest BCUT2D eigenvalue weighted by molar-refractivity contribution is 6.06. The average molecular weight is 579 g/mol. The molecule has 2 aromatic rings. The minimum atomic E-state index is -0.801. The third-order valence-electron chi connectivity index (χ3n) is 9.49. The number of fused-ring (bicyclic) bond motifs is 2. The summed E-state index contributed by atoms with van der Waals surface area (Å²) in [4.78, 5) is 24.7. The van der Waals surface area contributed by atoms with E-state index in [1.807, 2.05) is 38.1 Å². The van der Waals surface area contributed by atoms with Crippen LogP contribution in [-0.4, -0.2) is 49.6 Å². The Hall–Kier alpha value is -2.75. The molecular formula is C34H42O8. The average Bonchev–Trinajstić information content (AvgIpc) is 3.23. The Balaban J connectivity index is 1.01. The summed E-state index contributed by atoms with van der Waals surface area (Å²) in [6.45, 7) is 9.71. The van der Waals surface area contributed by atoms with E-state index < -0.39 is 24.0 Å². The zero-order chi connectivity index (χ0) is 29.3. The molecule has 8 atom stereocenters. The van der Waals surface area contributed by atoms with Crippen LogP contribution in [0.3, 0.4) is 0 Å². The van der Waals surface area contributed by atoms with Crippen molar-refractivity contribution in [1.29, 1.82) is 0 Å². The van der Waals surface area contributed by atoms with E-state index in [9.17, 15) is 4.79 Å². The highest BCUT2D eigenvalue weighted by Crippen LogP contribution is 2.60. The lowest BCUT2D eigenvalue weighted by Gasteiger charge is -2.60. The maximum atomic E-state index is 12.6. The molecule has 8 heteroatoms. The summed E-state index contributed by atoms with van der Waals surface area (Å²) in [7, 11) is 0. The third-order valence-corrected chi connectivity index (χ3v) is 9.49. The fourth-order valence-electron chi connectivity index (χ4n) is 7.21. The molecule has 1 aliphatic carbocycles. The first-order chi connectivity index (χ1) is 20.3. The first-order valence-corrected chi connectivity index (χ1v) is 15.3. The molecule has 42 heavy (non-hydrogen) atoms. The van der Waals surface area contributed by atoms with Crippen LogP contribution >= 0.6 is 0 Å². The van der Waals surface area contributed by atoms with Gasteiger partial charge in [0, 0.05) is 23.8 Å². The number of hydrogen-bond donors (Lipinski definition) is 0. The maximum Gasteiger partial charge on any atom is 0.201 e. The Kier molecular flexibility index (Phi) is 8.44. The van der Waals surface area contributed by atoms with Gasteiger partial charge in [-0.15, -0.1) is 0 Å². The van der Waals surface area contributed by atoms with Crippen LogP contribution in [0.25, 0.3) is 6.08 Å². The topological polar surface area (TPSA) is 81.7 Å². The first kappa shape index (κ1) is 29.3. The molecule has 5 fully saturated rings. The normalized spacial score (nSPS) is 35.4. The van der Waals surface area contributed by atoms with Crippen molar-refractivity contribution in [3.63, 3.8) is 0 Å². The summed E-state index contributed by atoms with van der Waals surface area (Å²) in [5.74, 6) is 1.80. The number of benzene rings is 2. The molecule has 0 unspecified atom stereocenters. The molecule has 7 rings (SSSR count). The second-order valence-corrected chi connectivity index (χ2v) is 12.2. The summed E-state index contributed by atoms with van der Waals surface area (Å²) >= 11 is 0. The van der Waals surface area contributed by atoms with E-state index in [0.717, 1.165) is 37.0 Å². The van der Waals surface area contributed by atoms with Gasteiger partial charge in [-0.1, -0.05) is 32.1 Å². The number of hydrogen-bond acceptors (Lipinski definition) is 8. The van der Waals surface area contributed by atoms with Gasteiger partial charge in [-0.25, -0.2) is 9.78 Å². The predicted molar refractivity (Wildman–Crippen MR) is 156 cm³/mol. The van der Waals surface area contributed by atoms with E-state index in [4.69, 9.17) is 33.5 Å². The third kappa shape index (κ3) is 5.63. The lowest BCUT2D eigenvalue weighted by atomic mass is 9.58. The number of carbonyl (C=O) groups is 1. The van der Waals surface area contributed by atoms with Crippen molar-refractivity contribution in [2.75, 3.05) is 19.8 Å². The summed E-state index contributed by atoms with van der Waals surface area (Å²) < 4.78 is 30.5. The monoisotopic (exact) mass is 578 g/mol. The Labute approximate surface area is 248 Å². The molecular weight excluding hydrogens is 536 g/mol. The SMILES string of the molecule is CCOc1ccc(/C=C/C(=O)c2ccc(OCCO[C@H]3O[C@@H]4O[C@]5(C)CC[C@H]6[C@H](C)CC[C@@H]([C@H]3C)[C@@]46OO5)cc2)cc1. The van der Waals surface area contributed by atoms with E-state index in [-0.39, 0.29) is 17.6 Å². The van der Waals surface area contributed by atoms with E-state index in [2.05, 4.69) is 13.8 Å². The molecule has 4 aliphatic heterocycles. The molecule has 226 valence electrons. The van der Waals surface area contributed by atoms with Crippen molar-refractivity contribution in [2.24, 2.45) is 23.7 Å². The Bertz CT molecular complexity index is 1260. The number of ether oxygens (including phenoxy) is 5. The molecule has 8 nitrogen and oxygen atoms in total. The van der Waals surface area contributed by atoms with Gasteiger partial charge in [0.1, 0.15) is 18.1 Å². The summed E-state index contributed by atoms with van der Waals surface area (Å²) in [6.07, 6.45) is 6.40. The quantitative estimate of drug-likeness (QED) is 0.135. The number of allylic oxidation sites excluding steroid dienone is 1. The van der Waals surface area contributed by atoms with Crippen molar-refractivity contribution < 1.29 is 38.3 Å². The van der Waals surface area contributed by atoms with Crippen LogP contribution in [0.2, 0.25) is 0 Å². The highest BCUT2D eigenvalue weighted by Gasteiger charge is 2.69. The zero-order valence-corrected chi connectivity index (χ0v) is 25.0. The molecule has 2 aromatic carbocycles. The Morgan fingerprint density at radius 3 is 2.43 bits per heavy atom. The van der Waals surface area contributed by atoms with Crippen molar-refractivity contribution in [3.05, 3.63) is 65.7 Å². The van der Waals surface area contributed by atoms with Crippen LogP contribution in [0.5, 0.6) is 11.5 Å². The van der Waals surface area contributed by atoms with E-state index in [0.29, 0.717) is 43.0 Å². The molecule has 0 amide bonds. The first-order valence-electron chi connectivity index (χ1n) is 15.3. The molecule has 4 saturated heterocycles. The summed E-state index contributed by atoms with van der Waals surface area (Å²) in [5, 5.41) is 0. The van der Waals surface area contributed by atoms with Crippen molar-refractivity contribution in [1.82, 2.24) is 0 Å². The molecule has 0 N–H and O–H groups in total. The molecule has 0 radical (unpaired) electrons. The zero-order valence-electron chi connectivity index (χ0n) is 25.0. The Morgan fingerprint density at radius 2 is 1.67 bits per heavy atom. The number of carbonyl (C=O) groups excluding carboxylic acids is 1. The van der Waals surface area contributed by atoms with Gasteiger partial charge in [-0.05, 0) is 93.0 Å². The summed E-state index contributed by atoms with van der Waals surface area (Å²) in [6, 6.07) is 14.8. The van der Waals surface area contributed by atoms with Gasteiger partial charge in [0.15, 0.2) is 24.0 Å². The second-order valence-electron chi connectivity index (χ2n) is 12.2. The molecule has 4 heterocycles. The van der Waals surface area contributed by atoms with Gasteiger partial charge in [0.25, 0.3) is 0 Å². The van der Waals surface area contributed by atoms with Gasteiger partial charge < -0.3 is 23.7 Å². The van der Waals surface area contributed by atoms with Crippen molar-refractivity contribution in [3.8, 4) is 11.5 Å². The maximum absolute atomic E-state index is 12.6.